The highest BCUT2D eigenvalue weighted by Crippen LogP contribution is 2.04. The van der Waals surface area contributed by atoms with Crippen LogP contribution >= 0.6 is 0 Å². The van der Waals surface area contributed by atoms with Crippen LogP contribution in [0.5, 0.6) is 0 Å². The molecule has 13 heavy (non-hydrogen) atoms. The molecule has 0 aliphatic carbocycles. The van der Waals surface area contributed by atoms with Gasteiger partial charge in [-0.15, -0.1) is 0 Å². The fourth-order valence-electron chi connectivity index (χ4n) is 1.16. The fourth-order valence-corrected chi connectivity index (χ4v) is 1.16. The lowest BCUT2D eigenvalue weighted by Gasteiger charge is -2.25. The molecule has 0 aromatic heterocycles. The summed E-state index contributed by atoms with van der Waals surface area (Å²) >= 11 is 0. The maximum absolute atomic E-state index is 5.44. The van der Waals surface area contributed by atoms with E-state index in [0.717, 1.165) is 13.2 Å². The molecule has 0 aromatic rings. The van der Waals surface area contributed by atoms with Crippen LogP contribution in [0, 0.1) is 5.92 Å². The summed E-state index contributed by atoms with van der Waals surface area (Å²) < 4.78 is 5.44. The number of hydrogen-bond acceptors (Lipinski definition) is 2. The summed E-state index contributed by atoms with van der Waals surface area (Å²) in [6.07, 6.45) is 1.18. The summed E-state index contributed by atoms with van der Waals surface area (Å²) in [5.41, 5.74) is 0. The molecule has 2 unspecified atom stereocenters. The third-order valence-corrected chi connectivity index (χ3v) is 2.42. The second-order valence-corrected chi connectivity index (χ2v) is 3.99. The molecule has 0 aliphatic rings. The maximum atomic E-state index is 5.44. The van der Waals surface area contributed by atoms with Crippen LogP contribution in [0.15, 0.2) is 0 Å². The van der Waals surface area contributed by atoms with E-state index in [-0.39, 0.29) is 0 Å². The predicted molar refractivity (Wildman–Crippen MR) is 58.0 cm³/mol. The Bertz CT molecular complexity index is 115. The molecule has 0 rings (SSSR count). The number of hydrogen-bond donors (Lipinski definition) is 1. The largest absolute Gasteiger partial charge is 0.380 e. The predicted octanol–water partition coefficient (Wildman–Crippen LogP) is 2.44. The number of rotatable bonds is 7. The van der Waals surface area contributed by atoms with Crippen molar-refractivity contribution in [3.63, 3.8) is 0 Å². The van der Waals surface area contributed by atoms with Crippen LogP contribution in [0.3, 0.4) is 0 Å². The summed E-state index contributed by atoms with van der Waals surface area (Å²) in [5.74, 6) is 0.639. The van der Waals surface area contributed by atoms with E-state index >= 15 is 0 Å². The van der Waals surface area contributed by atoms with Crippen LogP contribution in [-0.4, -0.2) is 25.3 Å². The highest BCUT2D eigenvalue weighted by atomic mass is 16.5. The van der Waals surface area contributed by atoms with Gasteiger partial charge in [0.2, 0.25) is 0 Å². The molecule has 0 spiro atoms. The molecule has 2 atom stereocenters. The van der Waals surface area contributed by atoms with E-state index in [0.29, 0.717) is 18.0 Å². The standard InChI is InChI=1S/C11H25NO/c1-6-10(5)12-11(9(3)4)8-13-7-2/h9-12H,6-8H2,1-5H3. The van der Waals surface area contributed by atoms with E-state index in [1.165, 1.54) is 6.42 Å². The first-order chi connectivity index (χ1) is 6.11. The minimum absolute atomic E-state index is 0.495. The first kappa shape index (κ1) is 12.9. The van der Waals surface area contributed by atoms with Crippen LogP contribution in [0.25, 0.3) is 0 Å². The number of nitrogens with one attached hydrogen (secondary N) is 1. The van der Waals surface area contributed by atoms with Gasteiger partial charge in [-0.1, -0.05) is 20.8 Å². The van der Waals surface area contributed by atoms with Gasteiger partial charge in [0.1, 0.15) is 0 Å². The molecule has 0 heterocycles. The van der Waals surface area contributed by atoms with Crippen molar-refractivity contribution in [3.8, 4) is 0 Å². The van der Waals surface area contributed by atoms with Gasteiger partial charge < -0.3 is 10.1 Å². The van der Waals surface area contributed by atoms with Crippen molar-refractivity contribution in [2.75, 3.05) is 13.2 Å². The SMILES string of the molecule is CCOCC(NC(C)CC)C(C)C. The van der Waals surface area contributed by atoms with Gasteiger partial charge in [-0.3, -0.25) is 0 Å². The van der Waals surface area contributed by atoms with E-state index in [2.05, 4.69) is 33.0 Å². The number of ether oxygens (including phenoxy) is 1. The lowest BCUT2D eigenvalue weighted by molar-refractivity contribution is 0.104. The van der Waals surface area contributed by atoms with E-state index in [4.69, 9.17) is 4.74 Å². The van der Waals surface area contributed by atoms with Crippen molar-refractivity contribution in [1.29, 1.82) is 0 Å². The first-order valence-corrected chi connectivity index (χ1v) is 5.45. The molecular formula is C11H25NO. The smallest absolute Gasteiger partial charge is 0.0622 e. The van der Waals surface area contributed by atoms with Crippen molar-refractivity contribution in [2.45, 2.75) is 53.1 Å². The average molecular weight is 187 g/mol. The Morgan fingerprint density at radius 2 is 1.77 bits per heavy atom. The van der Waals surface area contributed by atoms with E-state index in [1.807, 2.05) is 6.92 Å². The van der Waals surface area contributed by atoms with Crippen LogP contribution in [0.2, 0.25) is 0 Å². The molecule has 0 amide bonds. The zero-order valence-corrected chi connectivity index (χ0v) is 9.76. The lowest BCUT2D eigenvalue weighted by Crippen LogP contribution is -2.42. The molecule has 1 N–H and O–H groups in total. The Balaban J connectivity index is 3.79. The van der Waals surface area contributed by atoms with Crippen molar-refractivity contribution < 1.29 is 4.74 Å². The van der Waals surface area contributed by atoms with Crippen LogP contribution in [-0.2, 0) is 4.74 Å². The Morgan fingerprint density at radius 1 is 1.15 bits per heavy atom. The van der Waals surface area contributed by atoms with Crippen molar-refractivity contribution >= 4 is 0 Å². The monoisotopic (exact) mass is 187 g/mol. The summed E-state index contributed by atoms with van der Waals surface area (Å²) in [7, 11) is 0. The van der Waals surface area contributed by atoms with E-state index in [1.54, 1.807) is 0 Å². The van der Waals surface area contributed by atoms with Crippen LogP contribution in [0.4, 0.5) is 0 Å². The summed E-state index contributed by atoms with van der Waals surface area (Å²) in [6, 6.07) is 1.09. The molecule has 0 bridgehead atoms. The third-order valence-electron chi connectivity index (χ3n) is 2.42. The Labute approximate surface area is 83.1 Å². The van der Waals surface area contributed by atoms with E-state index in [9.17, 15) is 0 Å². The van der Waals surface area contributed by atoms with Crippen LogP contribution in [0.1, 0.15) is 41.0 Å². The molecular weight excluding hydrogens is 162 g/mol. The normalized spacial score (nSPS) is 16.2. The van der Waals surface area contributed by atoms with Crippen LogP contribution < -0.4 is 5.32 Å². The second-order valence-electron chi connectivity index (χ2n) is 3.99. The van der Waals surface area contributed by atoms with Gasteiger partial charge >= 0.3 is 0 Å². The average Bonchev–Trinajstić information content (AvgIpc) is 2.11. The fraction of sp³-hybridized carbons (Fsp3) is 1.00. The molecule has 0 saturated carbocycles. The molecule has 0 radical (unpaired) electrons. The van der Waals surface area contributed by atoms with E-state index < -0.39 is 0 Å². The molecule has 0 saturated heterocycles. The summed E-state index contributed by atoms with van der Waals surface area (Å²) in [6.45, 7) is 12.6. The van der Waals surface area contributed by atoms with Gasteiger partial charge in [-0.2, -0.15) is 0 Å². The highest BCUT2D eigenvalue weighted by molar-refractivity contribution is 4.73. The molecule has 0 fully saturated rings. The first-order valence-electron chi connectivity index (χ1n) is 5.45. The molecule has 2 heteroatoms. The van der Waals surface area contributed by atoms with Gasteiger partial charge in [-0.25, -0.2) is 0 Å². The Morgan fingerprint density at radius 3 is 2.15 bits per heavy atom. The van der Waals surface area contributed by atoms with Crippen molar-refractivity contribution in [2.24, 2.45) is 5.92 Å². The summed E-state index contributed by atoms with van der Waals surface area (Å²) in [5, 5.41) is 3.58. The lowest BCUT2D eigenvalue weighted by atomic mass is 10.0. The van der Waals surface area contributed by atoms with Crippen molar-refractivity contribution in [3.05, 3.63) is 0 Å². The zero-order chi connectivity index (χ0) is 10.3. The quantitative estimate of drug-likeness (QED) is 0.661. The second kappa shape index (κ2) is 7.34. The summed E-state index contributed by atoms with van der Waals surface area (Å²) in [4.78, 5) is 0. The minimum atomic E-state index is 0.495. The van der Waals surface area contributed by atoms with Gasteiger partial charge in [0.05, 0.1) is 6.61 Å². The maximum Gasteiger partial charge on any atom is 0.0622 e. The molecule has 0 aromatic carbocycles. The van der Waals surface area contributed by atoms with Gasteiger partial charge in [0, 0.05) is 18.7 Å². The van der Waals surface area contributed by atoms with Crippen molar-refractivity contribution in [1.82, 2.24) is 5.32 Å². The third kappa shape index (κ3) is 6.05. The topological polar surface area (TPSA) is 21.3 Å². The molecule has 80 valence electrons. The zero-order valence-electron chi connectivity index (χ0n) is 9.76. The molecule has 2 nitrogen and oxygen atoms in total. The minimum Gasteiger partial charge on any atom is -0.380 e. The van der Waals surface area contributed by atoms with Gasteiger partial charge in [0.15, 0.2) is 0 Å². The molecule has 0 aliphatic heterocycles. The highest BCUT2D eigenvalue weighted by Gasteiger charge is 2.14. The Kier molecular flexibility index (Phi) is 7.29. The van der Waals surface area contributed by atoms with Gasteiger partial charge in [-0.05, 0) is 26.2 Å². The Hall–Kier alpha value is -0.0800. The van der Waals surface area contributed by atoms with Gasteiger partial charge in [0.25, 0.3) is 0 Å².